The summed E-state index contributed by atoms with van der Waals surface area (Å²) in [7, 11) is 0. The maximum absolute atomic E-state index is 6.04. The molecule has 0 saturated heterocycles. The molecule has 0 spiro atoms. The lowest BCUT2D eigenvalue weighted by molar-refractivity contribution is 0.483. The quantitative estimate of drug-likeness (QED) is 0.245. The standard InChI is InChI=1S/C32H36N2O/c1-5-23(3)25-7-11-27(12-8-25)33-29-15-19-31(20-16-29)35-32-21-17-30(18-22-32)34-28-13-9-26(10-14-28)24(4)6-2/h7-24,33-34H,5-6H2,1-4H3. The zero-order valence-corrected chi connectivity index (χ0v) is 21.2. The van der Waals surface area contributed by atoms with E-state index in [9.17, 15) is 0 Å². The highest BCUT2D eigenvalue weighted by Gasteiger charge is 2.05. The van der Waals surface area contributed by atoms with Crippen LogP contribution in [-0.2, 0) is 0 Å². The summed E-state index contributed by atoms with van der Waals surface area (Å²) in [5.74, 6) is 2.80. The van der Waals surface area contributed by atoms with Crippen molar-refractivity contribution in [3.8, 4) is 11.5 Å². The minimum absolute atomic E-state index is 0.589. The van der Waals surface area contributed by atoms with Crippen molar-refractivity contribution >= 4 is 22.7 Å². The number of benzene rings is 4. The van der Waals surface area contributed by atoms with Gasteiger partial charge in [-0.15, -0.1) is 0 Å². The van der Waals surface area contributed by atoms with E-state index in [2.05, 4.69) is 86.9 Å². The predicted molar refractivity (Wildman–Crippen MR) is 150 cm³/mol. The van der Waals surface area contributed by atoms with Gasteiger partial charge in [-0.2, -0.15) is 0 Å². The summed E-state index contributed by atoms with van der Waals surface area (Å²) in [4.78, 5) is 0. The van der Waals surface area contributed by atoms with Crippen LogP contribution in [0.4, 0.5) is 22.7 Å². The molecule has 3 nitrogen and oxygen atoms in total. The van der Waals surface area contributed by atoms with Gasteiger partial charge in [0.15, 0.2) is 0 Å². The number of hydrogen-bond donors (Lipinski definition) is 2. The van der Waals surface area contributed by atoms with Gasteiger partial charge in [-0.3, -0.25) is 0 Å². The molecule has 4 aromatic rings. The summed E-state index contributed by atoms with van der Waals surface area (Å²) in [6.45, 7) is 8.97. The third-order valence-corrected chi connectivity index (χ3v) is 6.71. The first-order chi connectivity index (χ1) is 17.0. The molecular weight excluding hydrogens is 428 g/mol. The molecule has 35 heavy (non-hydrogen) atoms. The van der Waals surface area contributed by atoms with Crippen molar-refractivity contribution in [2.45, 2.75) is 52.4 Å². The Morgan fingerprint density at radius 1 is 0.486 bits per heavy atom. The fourth-order valence-corrected chi connectivity index (χ4v) is 3.94. The Morgan fingerprint density at radius 3 is 1.06 bits per heavy atom. The predicted octanol–water partition coefficient (Wildman–Crippen LogP) is 9.99. The maximum Gasteiger partial charge on any atom is 0.127 e. The Balaban J connectivity index is 1.31. The molecule has 180 valence electrons. The fraction of sp³-hybridized carbons (Fsp3) is 0.250. The maximum atomic E-state index is 6.04. The molecule has 4 aromatic carbocycles. The average Bonchev–Trinajstić information content (AvgIpc) is 2.91. The Morgan fingerprint density at radius 2 is 0.771 bits per heavy atom. The Hall–Kier alpha value is -3.72. The first-order valence-electron chi connectivity index (χ1n) is 12.7. The highest BCUT2D eigenvalue weighted by atomic mass is 16.5. The largest absolute Gasteiger partial charge is 0.457 e. The van der Waals surface area contributed by atoms with Gasteiger partial charge in [-0.05, 0) is 109 Å². The van der Waals surface area contributed by atoms with Crippen molar-refractivity contribution in [1.82, 2.24) is 0 Å². The molecule has 0 saturated carbocycles. The van der Waals surface area contributed by atoms with Crippen LogP contribution >= 0.6 is 0 Å². The van der Waals surface area contributed by atoms with Crippen molar-refractivity contribution in [2.75, 3.05) is 10.6 Å². The van der Waals surface area contributed by atoms with Gasteiger partial charge >= 0.3 is 0 Å². The van der Waals surface area contributed by atoms with Gasteiger partial charge in [-0.1, -0.05) is 52.0 Å². The van der Waals surface area contributed by atoms with Crippen LogP contribution in [0.25, 0.3) is 0 Å². The van der Waals surface area contributed by atoms with Gasteiger partial charge in [0.2, 0.25) is 0 Å². The molecule has 0 bridgehead atoms. The molecule has 0 radical (unpaired) electrons. The second-order valence-electron chi connectivity index (χ2n) is 9.26. The highest BCUT2D eigenvalue weighted by molar-refractivity contribution is 5.62. The van der Waals surface area contributed by atoms with Crippen LogP contribution in [-0.4, -0.2) is 0 Å². The molecule has 3 heteroatoms. The van der Waals surface area contributed by atoms with Crippen molar-refractivity contribution in [3.05, 3.63) is 108 Å². The zero-order valence-electron chi connectivity index (χ0n) is 21.2. The normalized spacial score (nSPS) is 12.6. The van der Waals surface area contributed by atoms with Crippen LogP contribution < -0.4 is 15.4 Å². The minimum atomic E-state index is 0.589. The second kappa shape index (κ2) is 11.6. The van der Waals surface area contributed by atoms with E-state index in [1.54, 1.807) is 0 Å². The molecule has 2 unspecified atom stereocenters. The third kappa shape index (κ3) is 6.66. The van der Waals surface area contributed by atoms with E-state index in [1.165, 1.54) is 11.1 Å². The van der Waals surface area contributed by atoms with Gasteiger partial charge in [0.25, 0.3) is 0 Å². The molecule has 4 rings (SSSR count). The first-order valence-corrected chi connectivity index (χ1v) is 12.7. The van der Waals surface area contributed by atoms with E-state index in [0.29, 0.717) is 11.8 Å². The number of hydrogen-bond acceptors (Lipinski definition) is 3. The summed E-state index contributed by atoms with van der Waals surface area (Å²) in [6, 6.07) is 33.5. The minimum Gasteiger partial charge on any atom is -0.457 e. The van der Waals surface area contributed by atoms with Gasteiger partial charge in [0.1, 0.15) is 11.5 Å². The Labute approximate surface area is 210 Å². The lowest BCUT2D eigenvalue weighted by atomic mass is 9.99. The number of anilines is 4. The van der Waals surface area contributed by atoms with Crippen LogP contribution in [0.15, 0.2) is 97.1 Å². The molecular formula is C32H36N2O. The number of nitrogens with one attached hydrogen (secondary N) is 2. The van der Waals surface area contributed by atoms with E-state index in [4.69, 9.17) is 4.74 Å². The molecule has 0 aliphatic carbocycles. The first kappa shape index (κ1) is 24.4. The molecule has 0 aliphatic rings. The van der Waals surface area contributed by atoms with Gasteiger partial charge in [0.05, 0.1) is 0 Å². The van der Waals surface area contributed by atoms with Crippen LogP contribution in [0.3, 0.4) is 0 Å². The van der Waals surface area contributed by atoms with Crippen molar-refractivity contribution in [1.29, 1.82) is 0 Å². The van der Waals surface area contributed by atoms with Crippen molar-refractivity contribution in [2.24, 2.45) is 0 Å². The fourth-order valence-electron chi connectivity index (χ4n) is 3.94. The lowest BCUT2D eigenvalue weighted by Gasteiger charge is -2.12. The Bertz CT molecular complexity index is 1080. The van der Waals surface area contributed by atoms with Gasteiger partial charge < -0.3 is 15.4 Å². The summed E-state index contributed by atoms with van der Waals surface area (Å²) < 4.78 is 6.04. The van der Waals surface area contributed by atoms with Gasteiger partial charge in [0, 0.05) is 22.7 Å². The molecule has 2 atom stereocenters. The summed E-state index contributed by atoms with van der Waals surface area (Å²) in [6.07, 6.45) is 2.31. The smallest absolute Gasteiger partial charge is 0.127 e. The van der Waals surface area contributed by atoms with Crippen molar-refractivity contribution in [3.63, 3.8) is 0 Å². The average molecular weight is 465 g/mol. The van der Waals surface area contributed by atoms with Gasteiger partial charge in [-0.25, -0.2) is 0 Å². The lowest BCUT2D eigenvalue weighted by Crippen LogP contribution is -1.94. The topological polar surface area (TPSA) is 33.3 Å². The molecule has 0 aliphatic heterocycles. The summed E-state index contributed by atoms with van der Waals surface area (Å²) in [5.41, 5.74) is 7.00. The molecule has 0 fully saturated rings. The molecule has 0 heterocycles. The van der Waals surface area contributed by atoms with Crippen LogP contribution in [0.5, 0.6) is 11.5 Å². The van der Waals surface area contributed by atoms with E-state index in [0.717, 1.165) is 47.1 Å². The SMILES string of the molecule is CCC(C)c1ccc(Nc2ccc(Oc3ccc(Nc4ccc(C(C)CC)cc4)cc3)cc2)cc1. The molecule has 0 aromatic heterocycles. The number of rotatable bonds is 10. The Kier molecular flexibility index (Phi) is 8.10. The van der Waals surface area contributed by atoms with E-state index in [1.807, 2.05) is 48.5 Å². The van der Waals surface area contributed by atoms with E-state index < -0.39 is 0 Å². The van der Waals surface area contributed by atoms with E-state index in [-0.39, 0.29) is 0 Å². The summed E-state index contributed by atoms with van der Waals surface area (Å²) >= 11 is 0. The van der Waals surface area contributed by atoms with Crippen LogP contribution in [0.2, 0.25) is 0 Å². The third-order valence-electron chi connectivity index (χ3n) is 6.71. The molecule has 2 N–H and O–H groups in total. The second-order valence-corrected chi connectivity index (χ2v) is 9.26. The zero-order chi connectivity index (χ0) is 24.6. The van der Waals surface area contributed by atoms with Crippen molar-refractivity contribution < 1.29 is 4.74 Å². The highest BCUT2D eigenvalue weighted by Crippen LogP contribution is 2.28. The van der Waals surface area contributed by atoms with Crippen LogP contribution in [0.1, 0.15) is 63.5 Å². The number of ether oxygens (including phenoxy) is 1. The molecule has 0 amide bonds. The van der Waals surface area contributed by atoms with Crippen LogP contribution in [0, 0.1) is 0 Å². The van der Waals surface area contributed by atoms with E-state index >= 15 is 0 Å². The monoisotopic (exact) mass is 464 g/mol. The summed E-state index contributed by atoms with van der Waals surface area (Å²) in [5, 5.41) is 6.92.